The highest BCUT2D eigenvalue weighted by Gasteiger charge is 2.29. The highest BCUT2D eigenvalue weighted by atomic mass is 16.3. The van der Waals surface area contributed by atoms with Gasteiger partial charge in [0.2, 0.25) is 0 Å². The molecule has 14 rings (SSSR count). The van der Waals surface area contributed by atoms with Crippen LogP contribution in [0.5, 0.6) is 0 Å². The van der Waals surface area contributed by atoms with Crippen molar-refractivity contribution >= 4 is 87.0 Å². The summed E-state index contributed by atoms with van der Waals surface area (Å²) >= 11 is 0. The van der Waals surface area contributed by atoms with Crippen LogP contribution in [-0.4, -0.2) is 4.57 Å². The van der Waals surface area contributed by atoms with Gasteiger partial charge in [0.25, 0.3) is 0 Å². The van der Waals surface area contributed by atoms with Crippen molar-refractivity contribution in [2.75, 3.05) is 0 Å². The molecule has 0 atom stereocenters. The maximum atomic E-state index is 7.48. The van der Waals surface area contributed by atoms with Gasteiger partial charge in [-0.3, -0.25) is 0 Å². The Morgan fingerprint density at radius 3 is 1.65 bits per heavy atom. The molecule has 3 heterocycles. The van der Waals surface area contributed by atoms with Crippen molar-refractivity contribution in [1.29, 1.82) is 0 Å². The minimum absolute atomic E-state index is 0.801. The largest absolute Gasteiger partial charge is 0.455 e. The number of nitrogens with zero attached hydrogens (tertiary/aromatic N) is 1. The van der Waals surface area contributed by atoms with Gasteiger partial charge in [-0.2, -0.15) is 0 Å². The van der Waals surface area contributed by atoms with Gasteiger partial charge in [-0.25, -0.2) is 0 Å². The molecule has 3 nitrogen and oxygen atoms in total. The molecule has 0 aliphatic rings. The van der Waals surface area contributed by atoms with E-state index in [1.165, 1.54) is 43.7 Å². The lowest BCUT2D eigenvalue weighted by Crippen LogP contribution is -1.94. The molecule has 14 aromatic rings. The molecule has 0 saturated heterocycles. The van der Waals surface area contributed by atoms with Gasteiger partial charge in [0, 0.05) is 49.3 Å². The number of fused-ring (bicyclic) bond motifs is 10. The summed E-state index contributed by atoms with van der Waals surface area (Å²) in [6.07, 6.45) is 0. The van der Waals surface area contributed by atoms with E-state index >= 15 is 0 Å². The molecule has 0 fully saturated rings. The first-order valence-corrected chi connectivity index (χ1v) is 22.3. The Kier molecular flexibility index (Phi) is 7.69. The van der Waals surface area contributed by atoms with E-state index in [-0.39, 0.29) is 0 Å². The normalized spacial score (nSPS) is 12.0. The molecule has 0 aliphatic carbocycles. The maximum absolute atomic E-state index is 7.48. The SMILES string of the molecule is c1ccc(-c2c(-c3ccc4ccccc4c3)oc3c(-c4c5ccccc5c(-c5cccc6c5c5ccccc5n6-c5ccccc5)c5ccccc45)c4oc5ccccc5c4cc23)cc1. The van der Waals surface area contributed by atoms with Crippen LogP contribution < -0.4 is 0 Å². The van der Waals surface area contributed by atoms with Crippen molar-refractivity contribution in [3.05, 3.63) is 224 Å². The minimum atomic E-state index is 0.801. The van der Waals surface area contributed by atoms with Gasteiger partial charge in [-0.05, 0) is 91.5 Å². The average Bonchev–Trinajstić information content (AvgIpc) is 4.05. The monoisotopic (exact) mass is 827 g/mol. The molecule has 302 valence electrons. The molecule has 0 amide bonds. The van der Waals surface area contributed by atoms with Crippen LogP contribution in [0.4, 0.5) is 0 Å². The van der Waals surface area contributed by atoms with Crippen LogP contribution in [0, 0.1) is 0 Å². The standard InChI is InChI=1S/C62H37NO2/c1-3-19-39(20-4-1)55-51-37-50-43-24-14-16-33-54(43)64-61(50)59(62(51)65-60(55)41-35-34-38-18-7-8-21-40(38)36-41)58-46-27-11-9-25-44(46)56(45-26-10-12-28-47(45)58)49-30-17-32-53-57(49)48-29-13-15-31-52(48)63(53)42-22-5-2-6-23-42/h1-37H. The Balaban J connectivity index is 1.15. The summed E-state index contributed by atoms with van der Waals surface area (Å²) in [6.45, 7) is 0. The van der Waals surface area contributed by atoms with Gasteiger partial charge in [0.15, 0.2) is 0 Å². The molecular weight excluding hydrogens is 791 g/mol. The van der Waals surface area contributed by atoms with Gasteiger partial charge in [0.1, 0.15) is 22.5 Å². The van der Waals surface area contributed by atoms with Crippen molar-refractivity contribution in [2.45, 2.75) is 0 Å². The molecule has 0 bridgehead atoms. The third-order valence-corrected chi connectivity index (χ3v) is 13.6. The molecule has 0 saturated carbocycles. The molecule has 0 radical (unpaired) electrons. The lowest BCUT2D eigenvalue weighted by Gasteiger charge is -2.19. The summed E-state index contributed by atoms with van der Waals surface area (Å²) in [5.74, 6) is 0.835. The fraction of sp³-hybridized carbons (Fsp3) is 0. The lowest BCUT2D eigenvalue weighted by molar-refractivity contribution is 0.630. The second-order valence-corrected chi connectivity index (χ2v) is 17.1. The predicted molar refractivity (Wildman–Crippen MR) is 272 cm³/mol. The van der Waals surface area contributed by atoms with E-state index in [0.29, 0.717) is 0 Å². The molecule has 3 aromatic heterocycles. The number of rotatable bonds is 5. The van der Waals surface area contributed by atoms with Crippen molar-refractivity contribution in [3.8, 4) is 50.4 Å². The lowest BCUT2D eigenvalue weighted by atomic mass is 9.84. The number of hydrogen-bond donors (Lipinski definition) is 0. The van der Waals surface area contributed by atoms with Gasteiger partial charge >= 0.3 is 0 Å². The first-order chi connectivity index (χ1) is 32.3. The molecule has 0 aliphatic heterocycles. The Morgan fingerprint density at radius 2 is 0.892 bits per heavy atom. The molecule has 0 N–H and O–H groups in total. The van der Waals surface area contributed by atoms with Crippen LogP contribution >= 0.6 is 0 Å². The zero-order valence-corrected chi connectivity index (χ0v) is 35.1. The summed E-state index contributed by atoms with van der Waals surface area (Å²) in [6, 6.07) is 80.7. The Hall–Kier alpha value is -8.66. The molecule has 0 spiro atoms. The van der Waals surface area contributed by atoms with Gasteiger partial charge < -0.3 is 13.4 Å². The van der Waals surface area contributed by atoms with E-state index in [9.17, 15) is 0 Å². The van der Waals surface area contributed by atoms with Crippen LogP contribution in [0.25, 0.3) is 137 Å². The zero-order valence-electron chi connectivity index (χ0n) is 35.1. The van der Waals surface area contributed by atoms with Crippen molar-refractivity contribution in [1.82, 2.24) is 4.57 Å². The van der Waals surface area contributed by atoms with Crippen LogP contribution in [0.2, 0.25) is 0 Å². The first kappa shape index (κ1) is 35.9. The quantitative estimate of drug-likeness (QED) is 0.162. The van der Waals surface area contributed by atoms with Crippen molar-refractivity contribution in [2.24, 2.45) is 0 Å². The zero-order chi connectivity index (χ0) is 42.6. The third-order valence-electron chi connectivity index (χ3n) is 13.6. The van der Waals surface area contributed by atoms with Crippen LogP contribution in [-0.2, 0) is 0 Å². The average molecular weight is 828 g/mol. The summed E-state index contributed by atoms with van der Waals surface area (Å²) in [5, 5.41) is 12.6. The Labute approximate surface area is 373 Å². The van der Waals surface area contributed by atoms with E-state index in [4.69, 9.17) is 8.83 Å². The second-order valence-electron chi connectivity index (χ2n) is 17.1. The number of hydrogen-bond acceptors (Lipinski definition) is 2. The first-order valence-electron chi connectivity index (χ1n) is 22.3. The van der Waals surface area contributed by atoms with Gasteiger partial charge in [0.05, 0.1) is 16.6 Å². The van der Waals surface area contributed by atoms with E-state index in [1.54, 1.807) is 0 Å². The third kappa shape index (κ3) is 5.24. The van der Waals surface area contributed by atoms with Crippen LogP contribution in [0.1, 0.15) is 0 Å². The van der Waals surface area contributed by atoms with Crippen LogP contribution in [0.15, 0.2) is 233 Å². The highest BCUT2D eigenvalue weighted by molar-refractivity contribution is 6.31. The van der Waals surface area contributed by atoms with E-state index in [2.05, 4.69) is 229 Å². The second kappa shape index (κ2) is 13.9. The van der Waals surface area contributed by atoms with Gasteiger partial charge in [-0.1, -0.05) is 182 Å². The smallest absolute Gasteiger partial charge is 0.147 e. The van der Waals surface area contributed by atoms with E-state index < -0.39 is 0 Å². The van der Waals surface area contributed by atoms with Gasteiger partial charge in [-0.15, -0.1) is 0 Å². The predicted octanol–water partition coefficient (Wildman–Crippen LogP) is 17.6. The van der Waals surface area contributed by atoms with E-state index in [0.717, 1.165) is 93.7 Å². The van der Waals surface area contributed by atoms with E-state index in [1.807, 2.05) is 0 Å². The van der Waals surface area contributed by atoms with Crippen molar-refractivity contribution in [3.63, 3.8) is 0 Å². The topological polar surface area (TPSA) is 31.2 Å². The molecule has 11 aromatic carbocycles. The summed E-state index contributed by atoms with van der Waals surface area (Å²) in [5.41, 5.74) is 13.6. The molecule has 0 unspecified atom stereocenters. The summed E-state index contributed by atoms with van der Waals surface area (Å²) in [4.78, 5) is 0. The number of para-hydroxylation sites is 3. The fourth-order valence-corrected chi connectivity index (χ4v) is 10.8. The van der Waals surface area contributed by atoms with Crippen LogP contribution in [0.3, 0.4) is 0 Å². The molecular formula is C62H37NO2. The highest BCUT2D eigenvalue weighted by Crippen LogP contribution is 2.53. The summed E-state index contributed by atoms with van der Waals surface area (Å²) < 4.78 is 16.9. The number of benzene rings is 11. The molecule has 3 heteroatoms. The fourth-order valence-electron chi connectivity index (χ4n) is 10.8. The Morgan fingerprint density at radius 1 is 0.308 bits per heavy atom. The minimum Gasteiger partial charge on any atom is -0.455 e. The number of furan rings is 2. The summed E-state index contributed by atoms with van der Waals surface area (Å²) in [7, 11) is 0. The maximum Gasteiger partial charge on any atom is 0.147 e. The van der Waals surface area contributed by atoms with Crippen molar-refractivity contribution < 1.29 is 8.83 Å². The Bertz CT molecular complexity index is 4170. The number of aromatic nitrogens is 1. The molecule has 65 heavy (non-hydrogen) atoms.